The van der Waals surface area contributed by atoms with Gasteiger partial charge in [-0.3, -0.25) is 0 Å². The fourth-order valence-corrected chi connectivity index (χ4v) is 10.4. The normalized spacial score (nSPS) is 12.9. The number of nitrogens with two attached hydrogens (primary N) is 2. The second kappa shape index (κ2) is 23.8. The molecule has 0 saturated heterocycles. The maximum atomic E-state index is 7.15. The first kappa shape index (κ1) is 38.1. The molecule has 0 aromatic carbocycles. The lowest BCUT2D eigenvalue weighted by Crippen LogP contribution is -2.48. The predicted octanol–water partition coefficient (Wildman–Crippen LogP) is 6.42. The molecular weight excluding hydrogens is 516 g/mol. The fourth-order valence-electron chi connectivity index (χ4n) is 5.20. The van der Waals surface area contributed by atoms with E-state index in [0.29, 0.717) is 39.6 Å². The third-order valence-corrected chi connectivity index (χ3v) is 13.2. The summed E-state index contributed by atoms with van der Waals surface area (Å²) in [6.07, 6.45) is 13.4. The topological polar surface area (TPSA) is 107 Å². The molecule has 38 heavy (non-hydrogen) atoms. The minimum absolute atomic E-state index is 0.241. The summed E-state index contributed by atoms with van der Waals surface area (Å²) in [6, 6.07) is 1.61. The molecule has 0 saturated carbocycles. The van der Waals surface area contributed by atoms with Crippen LogP contribution in [0.4, 0.5) is 0 Å². The van der Waals surface area contributed by atoms with E-state index in [0.717, 1.165) is 63.6 Å². The van der Waals surface area contributed by atoms with Gasteiger partial charge >= 0.3 is 17.6 Å². The molecule has 4 N–H and O–H groups in total. The average molecular weight is 581 g/mol. The summed E-state index contributed by atoms with van der Waals surface area (Å²) >= 11 is 0. The van der Waals surface area contributed by atoms with Gasteiger partial charge in [0, 0.05) is 57.3 Å². The summed E-state index contributed by atoms with van der Waals surface area (Å²) in [6.45, 7) is 16.5. The molecule has 0 aromatic rings. The van der Waals surface area contributed by atoms with Crippen molar-refractivity contribution in [1.82, 2.24) is 0 Å². The van der Waals surface area contributed by atoms with E-state index in [1.54, 1.807) is 0 Å². The van der Waals surface area contributed by atoms with Crippen LogP contribution in [-0.4, -0.2) is 69.3 Å². The average Bonchev–Trinajstić information content (AvgIpc) is 2.87. The summed E-state index contributed by atoms with van der Waals surface area (Å²) in [7, 11) is -5.33. The molecular formula is C28H64N2O6Si2. The Kier molecular flexibility index (Phi) is 23.9. The Morgan fingerprint density at radius 3 is 1.05 bits per heavy atom. The van der Waals surface area contributed by atoms with Crippen molar-refractivity contribution in [3.63, 3.8) is 0 Å². The van der Waals surface area contributed by atoms with Gasteiger partial charge in [0.05, 0.1) is 0 Å². The van der Waals surface area contributed by atoms with Gasteiger partial charge in [0.2, 0.25) is 0 Å². The molecule has 0 rings (SSSR count). The van der Waals surface area contributed by atoms with Gasteiger partial charge in [-0.1, -0.05) is 38.5 Å². The molecule has 0 radical (unpaired) electrons. The summed E-state index contributed by atoms with van der Waals surface area (Å²) in [5.41, 5.74) is 12.5. The zero-order valence-corrected chi connectivity index (χ0v) is 28.0. The lowest BCUT2D eigenvalue weighted by molar-refractivity contribution is 0.0698. The second-order valence-electron chi connectivity index (χ2n) is 10.0. The molecule has 8 nitrogen and oxygen atoms in total. The quantitative estimate of drug-likeness (QED) is 0.0771. The Hall–Kier alpha value is 0.114. The maximum Gasteiger partial charge on any atom is 0.500 e. The summed E-state index contributed by atoms with van der Waals surface area (Å²) in [4.78, 5) is 0. The summed E-state index contributed by atoms with van der Waals surface area (Å²) in [5.74, 6) is 0. The molecule has 0 aliphatic heterocycles. The molecule has 10 heteroatoms. The highest BCUT2D eigenvalue weighted by Gasteiger charge is 2.42. The lowest BCUT2D eigenvalue weighted by atomic mass is 9.84. The third kappa shape index (κ3) is 17.0. The van der Waals surface area contributed by atoms with Gasteiger partial charge in [-0.15, -0.1) is 0 Å². The van der Waals surface area contributed by atoms with Crippen LogP contribution < -0.4 is 11.5 Å². The Labute approximate surface area is 237 Å². The Balaban J connectivity index is 5.20. The van der Waals surface area contributed by atoms with Gasteiger partial charge in [-0.25, -0.2) is 0 Å². The monoisotopic (exact) mass is 580 g/mol. The van der Waals surface area contributed by atoms with Gasteiger partial charge in [-0.05, 0) is 86.6 Å². The molecule has 230 valence electrons. The van der Waals surface area contributed by atoms with Crippen LogP contribution in [0.3, 0.4) is 0 Å². The van der Waals surface area contributed by atoms with Gasteiger partial charge in [-0.2, -0.15) is 0 Å². The van der Waals surface area contributed by atoms with Crippen LogP contribution in [-0.2, 0) is 26.6 Å². The van der Waals surface area contributed by atoms with Crippen molar-refractivity contribution in [1.29, 1.82) is 0 Å². The molecule has 0 heterocycles. The van der Waals surface area contributed by atoms with E-state index < -0.39 is 17.6 Å². The molecule has 0 unspecified atom stereocenters. The van der Waals surface area contributed by atoms with Gasteiger partial charge in [0.1, 0.15) is 0 Å². The molecule has 0 aromatic heterocycles. The van der Waals surface area contributed by atoms with Crippen LogP contribution in [0.5, 0.6) is 0 Å². The Bertz CT molecular complexity index is 468. The Morgan fingerprint density at radius 2 is 0.737 bits per heavy atom. The molecule has 0 aliphatic rings. The van der Waals surface area contributed by atoms with Crippen molar-refractivity contribution in [2.45, 2.75) is 136 Å². The van der Waals surface area contributed by atoms with E-state index in [1.165, 1.54) is 32.1 Å². The molecule has 0 aliphatic carbocycles. The van der Waals surface area contributed by atoms with Crippen molar-refractivity contribution in [2.75, 3.05) is 46.2 Å². The smallest absolute Gasteiger partial charge is 0.374 e. The highest BCUT2D eigenvalue weighted by molar-refractivity contribution is 6.61. The van der Waals surface area contributed by atoms with E-state index >= 15 is 0 Å². The first-order valence-corrected chi connectivity index (χ1v) is 19.5. The molecule has 0 spiro atoms. The Morgan fingerprint density at radius 1 is 0.447 bits per heavy atom. The van der Waals surface area contributed by atoms with E-state index in [4.69, 9.17) is 38.0 Å². The minimum atomic E-state index is -2.67. The van der Waals surface area contributed by atoms with Gasteiger partial charge in [0.25, 0.3) is 0 Å². The molecule has 0 fully saturated rings. The largest absolute Gasteiger partial charge is 0.500 e. The van der Waals surface area contributed by atoms with Crippen molar-refractivity contribution >= 4 is 17.6 Å². The van der Waals surface area contributed by atoms with Crippen molar-refractivity contribution in [3.8, 4) is 0 Å². The molecule has 0 atom stereocenters. The first-order chi connectivity index (χ1) is 18.3. The van der Waals surface area contributed by atoms with E-state index in [2.05, 4.69) is 0 Å². The standard InChI is InChI=1S/C28H64N2O6Si2/c1-7-31-37(32-8-2,33-9-3)26-20-23-28(30,22-18-16-14-13-15-17-19-25-29)24-21-27-38(34-10-4,35-11-5)36-12-6/h7-27,29-30H2,1-6H3. The molecule has 0 bridgehead atoms. The van der Waals surface area contributed by atoms with Gasteiger partial charge < -0.3 is 38.0 Å². The van der Waals surface area contributed by atoms with Crippen molar-refractivity contribution in [2.24, 2.45) is 11.5 Å². The predicted molar refractivity (Wildman–Crippen MR) is 162 cm³/mol. The molecule has 0 amide bonds. The van der Waals surface area contributed by atoms with Crippen LogP contribution in [0.1, 0.15) is 119 Å². The van der Waals surface area contributed by atoms with Crippen LogP contribution in [0, 0.1) is 0 Å². The first-order valence-electron chi connectivity index (χ1n) is 15.7. The van der Waals surface area contributed by atoms with Crippen LogP contribution in [0.25, 0.3) is 0 Å². The van der Waals surface area contributed by atoms with E-state index in [1.807, 2.05) is 41.5 Å². The summed E-state index contributed by atoms with van der Waals surface area (Å²) < 4.78 is 36.5. The third-order valence-electron chi connectivity index (χ3n) is 6.88. The van der Waals surface area contributed by atoms with Crippen molar-refractivity contribution < 1.29 is 26.6 Å². The number of hydrogen-bond donors (Lipinski definition) is 2. The number of hydrogen-bond acceptors (Lipinski definition) is 8. The summed E-state index contributed by atoms with van der Waals surface area (Å²) in [5, 5.41) is 0. The zero-order valence-electron chi connectivity index (χ0n) is 26.0. The zero-order chi connectivity index (χ0) is 28.6. The van der Waals surface area contributed by atoms with Crippen molar-refractivity contribution in [3.05, 3.63) is 0 Å². The number of unbranched alkanes of at least 4 members (excludes halogenated alkanes) is 6. The number of rotatable bonds is 29. The van der Waals surface area contributed by atoms with Crippen LogP contribution in [0.15, 0.2) is 0 Å². The second-order valence-corrected chi connectivity index (χ2v) is 15.5. The maximum absolute atomic E-state index is 7.15. The van der Waals surface area contributed by atoms with E-state index in [-0.39, 0.29) is 5.54 Å². The van der Waals surface area contributed by atoms with Crippen LogP contribution in [0.2, 0.25) is 12.1 Å². The highest BCUT2D eigenvalue weighted by Crippen LogP contribution is 2.30. The SMILES string of the molecule is CCO[Si](CCCC(N)(CCCCCCCCCN)CCC[Si](OCC)(OCC)OCC)(OCC)OCC. The van der Waals surface area contributed by atoms with Crippen LogP contribution >= 0.6 is 0 Å². The van der Waals surface area contributed by atoms with E-state index in [9.17, 15) is 0 Å². The van der Waals surface area contributed by atoms with Gasteiger partial charge in [0.15, 0.2) is 0 Å². The fraction of sp³-hybridized carbons (Fsp3) is 1.00. The highest BCUT2D eigenvalue weighted by atomic mass is 28.4. The minimum Gasteiger partial charge on any atom is -0.374 e. The lowest BCUT2D eigenvalue weighted by Gasteiger charge is -2.34.